The summed E-state index contributed by atoms with van der Waals surface area (Å²) in [4.78, 5) is 24.4. The summed E-state index contributed by atoms with van der Waals surface area (Å²) in [5, 5.41) is 32.1. The van der Waals surface area contributed by atoms with Crippen LogP contribution in [0.1, 0.15) is 22.3 Å². The monoisotopic (exact) mass is 299 g/mol. The number of hydrogen-bond donors (Lipinski definition) is 4. The number of phenolic OH excluding ortho intramolecular Hbond substituents is 2. The molecule has 0 aromatic heterocycles. The summed E-state index contributed by atoms with van der Waals surface area (Å²) < 4.78 is 0. The predicted molar refractivity (Wildman–Crippen MR) is 77.7 cm³/mol. The van der Waals surface area contributed by atoms with Crippen LogP contribution in [-0.4, -0.2) is 27.0 Å². The first-order valence-corrected chi connectivity index (χ1v) is 6.60. The van der Waals surface area contributed by atoms with E-state index in [9.17, 15) is 24.9 Å². The Morgan fingerprint density at radius 2 is 1.86 bits per heavy atom. The molecule has 6 nitrogen and oxygen atoms in total. The van der Waals surface area contributed by atoms with Crippen molar-refractivity contribution in [2.75, 3.05) is 5.32 Å². The van der Waals surface area contributed by atoms with Gasteiger partial charge in [-0.1, -0.05) is 18.2 Å². The normalized spacial score (nSPS) is 19.6. The molecule has 0 bridgehead atoms. The van der Waals surface area contributed by atoms with Crippen LogP contribution in [0.25, 0.3) is 0 Å². The van der Waals surface area contributed by atoms with Crippen LogP contribution in [0.5, 0.6) is 11.5 Å². The van der Waals surface area contributed by atoms with Crippen molar-refractivity contribution in [2.45, 2.75) is 12.0 Å². The number of hydrogen-bond acceptors (Lipinski definition) is 5. The lowest BCUT2D eigenvalue weighted by Crippen LogP contribution is -2.36. The molecule has 6 heteroatoms. The van der Waals surface area contributed by atoms with Crippen molar-refractivity contribution in [1.82, 2.24) is 0 Å². The fourth-order valence-electron chi connectivity index (χ4n) is 2.56. The molecule has 1 heterocycles. The van der Waals surface area contributed by atoms with Gasteiger partial charge < -0.3 is 20.6 Å². The molecule has 4 N–H and O–H groups in total. The largest absolute Gasteiger partial charge is 0.508 e. The maximum Gasteiger partial charge on any atom is 0.261 e. The van der Waals surface area contributed by atoms with Gasteiger partial charge in [0.05, 0.1) is 12.0 Å². The van der Waals surface area contributed by atoms with Crippen molar-refractivity contribution in [3.63, 3.8) is 0 Å². The van der Waals surface area contributed by atoms with Gasteiger partial charge in [-0.2, -0.15) is 0 Å². The van der Waals surface area contributed by atoms with E-state index in [1.165, 1.54) is 12.1 Å². The summed E-state index contributed by atoms with van der Waals surface area (Å²) in [7, 11) is 0. The van der Waals surface area contributed by atoms with Gasteiger partial charge in [0.15, 0.2) is 11.4 Å². The molecule has 1 atom stereocenters. The van der Waals surface area contributed by atoms with Crippen molar-refractivity contribution in [2.24, 2.45) is 0 Å². The lowest BCUT2D eigenvalue weighted by atomic mass is 9.88. The van der Waals surface area contributed by atoms with E-state index in [0.29, 0.717) is 11.3 Å². The van der Waals surface area contributed by atoms with Crippen molar-refractivity contribution in [3.8, 4) is 11.5 Å². The average Bonchev–Trinajstić information content (AvgIpc) is 2.70. The number of benzene rings is 2. The molecule has 0 saturated carbocycles. The van der Waals surface area contributed by atoms with E-state index in [1.54, 1.807) is 24.3 Å². The third-order valence-electron chi connectivity index (χ3n) is 3.69. The summed E-state index contributed by atoms with van der Waals surface area (Å²) in [6.07, 6.45) is -0.506. The van der Waals surface area contributed by atoms with Crippen molar-refractivity contribution in [1.29, 1.82) is 0 Å². The van der Waals surface area contributed by atoms with E-state index in [0.717, 1.165) is 6.07 Å². The molecule has 0 spiro atoms. The second kappa shape index (κ2) is 4.85. The van der Waals surface area contributed by atoms with E-state index in [2.05, 4.69) is 5.32 Å². The SMILES string of the molecule is O=C(C[C@]1(O)C(=O)Nc2ccccc21)c1ccc(O)cc1O. The molecule has 3 rings (SSSR count). The second-order valence-corrected chi connectivity index (χ2v) is 5.16. The number of Topliss-reactive ketones (excluding diaryl/α,β-unsaturated/α-hetero) is 1. The predicted octanol–water partition coefficient (Wildman–Crippen LogP) is 1.51. The highest BCUT2D eigenvalue weighted by atomic mass is 16.3. The zero-order valence-corrected chi connectivity index (χ0v) is 11.4. The molecule has 0 fully saturated rings. The van der Waals surface area contributed by atoms with Gasteiger partial charge in [0.2, 0.25) is 0 Å². The van der Waals surface area contributed by atoms with Gasteiger partial charge in [0.1, 0.15) is 11.5 Å². The smallest absolute Gasteiger partial charge is 0.261 e. The molecule has 1 aliphatic rings. The first-order chi connectivity index (χ1) is 10.4. The Balaban J connectivity index is 1.95. The second-order valence-electron chi connectivity index (χ2n) is 5.16. The first kappa shape index (κ1) is 14.1. The van der Waals surface area contributed by atoms with Crippen LogP contribution >= 0.6 is 0 Å². The van der Waals surface area contributed by atoms with E-state index in [-0.39, 0.29) is 11.3 Å². The molecule has 1 amide bonds. The molecule has 2 aromatic carbocycles. The number of fused-ring (bicyclic) bond motifs is 1. The van der Waals surface area contributed by atoms with Gasteiger partial charge in [0.25, 0.3) is 5.91 Å². The number of aromatic hydroxyl groups is 2. The molecular weight excluding hydrogens is 286 g/mol. The number of nitrogens with one attached hydrogen (secondary N) is 1. The number of phenols is 2. The van der Waals surface area contributed by atoms with E-state index in [1.807, 2.05) is 0 Å². The molecule has 22 heavy (non-hydrogen) atoms. The Kier molecular flexibility index (Phi) is 3.11. The van der Waals surface area contributed by atoms with Crippen LogP contribution in [-0.2, 0) is 10.4 Å². The highest BCUT2D eigenvalue weighted by Gasteiger charge is 2.46. The van der Waals surface area contributed by atoms with Crippen molar-refractivity contribution in [3.05, 3.63) is 53.6 Å². The summed E-state index contributed by atoms with van der Waals surface area (Å²) in [6.45, 7) is 0. The van der Waals surface area contributed by atoms with Gasteiger partial charge in [-0.25, -0.2) is 0 Å². The fourth-order valence-corrected chi connectivity index (χ4v) is 2.56. The standard InChI is InChI=1S/C16H13NO5/c18-9-5-6-10(13(19)7-9)14(20)8-16(22)11-3-1-2-4-12(11)17-15(16)21/h1-7,18-19,22H,8H2,(H,17,21)/t16-/m1/s1. The molecule has 0 radical (unpaired) electrons. The fraction of sp³-hybridized carbons (Fsp3) is 0.125. The molecular formula is C16H13NO5. The number of anilines is 1. The van der Waals surface area contributed by atoms with Crippen LogP contribution < -0.4 is 5.32 Å². The maximum absolute atomic E-state index is 12.3. The Labute approximate surface area is 125 Å². The minimum atomic E-state index is -1.97. The van der Waals surface area contributed by atoms with Crippen LogP contribution in [0.15, 0.2) is 42.5 Å². The first-order valence-electron chi connectivity index (χ1n) is 6.60. The summed E-state index contributed by atoms with van der Waals surface area (Å²) in [6, 6.07) is 10.1. The number of ketones is 1. The average molecular weight is 299 g/mol. The van der Waals surface area contributed by atoms with Gasteiger partial charge in [-0.05, 0) is 18.2 Å². The number of amides is 1. The summed E-state index contributed by atoms with van der Waals surface area (Å²) >= 11 is 0. The Hall–Kier alpha value is -2.86. The number of carbonyl (C=O) groups is 2. The highest BCUT2D eigenvalue weighted by Crippen LogP contribution is 2.39. The topological polar surface area (TPSA) is 107 Å². The van der Waals surface area contributed by atoms with Gasteiger partial charge >= 0.3 is 0 Å². The van der Waals surface area contributed by atoms with Gasteiger partial charge in [-0.15, -0.1) is 0 Å². The van der Waals surface area contributed by atoms with E-state index in [4.69, 9.17) is 0 Å². The quantitative estimate of drug-likeness (QED) is 0.643. The van der Waals surface area contributed by atoms with E-state index >= 15 is 0 Å². The number of aliphatic hydroxyl groups is 1. The molecule has 112 valence electrons. The third kappa shape index (κ3) is 2.10. The van der Waals surface area contributed by atoms with Crippen LogP contribution in [0.4, 0.5) is 5.69 Å². The number of para-hydroxylation sites is 1. The zero-order chi connectivity index (χ0) is 15.9. The minimum absolute atomic E-state index is 0.0663. The van der Waals surface area contributed by atoms with Gasteiger partial charge in [0, 0.05) is 17.3 Å². The Bertz CT molecular complexity index is 786. The minimum Gasteiger partial charge on any atom is -0.508 e. The number of carbonyl (C=O) groups excluding carboxylic acids is 2. The van der Waals surface area contributed by atoms with Gasteiger partial charge in [-0.3, -0.25) is 9.59 Å². The lowest BCUT2D eigenvalue weighted by Gasteiger charge is -2.20. The Morgan fingerprint density at radius 3 is 2.59 bits per heavy atom. The van der Waals surface area contributed by atoms with Crippen LogP contribution in [0, 0.1) is 0 Å². The van der Waals surface area contributed by atoms with Crippen LogP contribution in [0.2, 0.25) is 0 Å². The van der Waals surface area contributed by atoms with E-state index < -0.39 is 29.5 Å². The molecule has 0 unspecified atom stereocenters. The Morgan fingerprint density at radius 1 is 1.14 bits per heavy atom. The van der Waals surface area contributed by atoms with Crippen molar-refractivity contribution < 1.29 is 24.9 Å². The molecule has 0 aliphatic carbocycles. The molecule has 2 aromatic rings. The maximum atomic E-state index is 12.3. The van der Waals surface area contributed by atoms with Crippen LogP contribution in [0.3, 0.4) is 0 Å². The molecule has 0 saturated heterocycles. The summed E-state index contributed by atoms with van der Waals surface area (Å²) in [5.41, 5.74) is -1.26. The third-order valence-corrected chi connectivity index (χ3v) is 3.69. The van der Waals surface area contributed by atoms with Crippen molar-refractivity contribution >= 4 is 17.4 Å². The summed E-state index contributed by atoms with van der Waals surface area (Å²) in [5.74, 6) is -1.87. The lowest BCUT2D eigenvalue weighted by molar-refractivity contribution is -0.133. The molecule has 1 aliphatic heterocycles. The number of rotatable bonds is 3. The zero-order valence-electron chi connectivity index (χ0n) is 11.4. The highest BCUT2D eigenvalue weighted by molar-refractivity contribution is 6.09.